The van der Waals surface area contributed by atoms with Gasteiger partial charge in [0.05, 0.1) is 12.6 Å². The third-order valence-corrected chi connectivity index (χ3v) is 2.10. The van der Waals surface area contributed by atoms with Crippen molar-refractivity contribution >= 4 is 11.8 Å². The van der Waals surface area contributed by atoms with Crippen molar-refractivity contribution in [3.05, 3.63) is 0 Å². The van der Waals surface area contributed by atoms with Crippen molar-refractivity contribution in [3.8, 4) is 0 Å². The Morgan fingerprint density at radius 2 is 2.29 bits per heavy atom. The van der Waals surface area contributed by atoms with Crippen LogP contribution in [0.1, 0.15) is 6.42 Å². The molecule has 80 valence electrons. The summed E-state index contributed by atoms with van der Waals surface area (Å²) in [5, 5.41) is 7.52. The average molecular weight is 203 g/mol. The minimum absolute atomic E-state index is 0.0650. The van der Waals surface area contributed by atoms with Crippen LogP contribution in [-0.2, 0) is 9.59 Å². The molecule has 0 unspecified atom stereocenters. The Labute approximate surface area is 81.4 Å². The van der Waals surface area contributed by atoms with E-state index in [0.717, 1.165) is 0 Å². The molecule has 0 aliphatic carbocycles. The highest BCUT2D eigenvalue weighted by Gasteiger charge is 2.28. The van der Waals surface area contributed by atoms with Crippen molar-refractivity contribution in [1.82, 2.24) is 16.0 Å². The molecule has 0 spiro atoms. The second-order valence-corrected chi connectivity index (χ2v) is 3.18. The van der Waals surface area contributed by atoms with Crippen LogP contribution in [0.15, 0.2) is 0 Å². The number of nitrogens with one attached hydrogen (secondary N) is 3. The molecule has 0 bridgehead atoms. The summed E-state index contributed by atoms with van der Waals surface area (Å²) in [6, 6.07) is -0.505. The normalized spacial score (nSPS) is 25.9. The Bertz CT molecular complexity index is 235. The van der Waals surface area contributed by atoms with Gasteiger partial charge in [-0.1, -0.05) is 0 Å². The number of hydrogen-bond acceptors (Lipinski definition) is 3. The number of rotatable bonds is 3. The van der Waals surface area contributed by atoms with Gasteiger partial charge in [-0.05, 0) is 0 Å². The van der Waals surface area contributed by atoms with E-state index in [0.29, 0.717) is 0 Å². The molecule has 5 nitrogen and oxygen atoms in total. The lowest BCUT2D eigenvalue weighted by atomic mass is 10.2. The summed E-state index contributed by atoms with van der Waals surface area (Å²) in [6.45, 7) is 0.141. The lowest BCUT2D eigenvalue weighted by Crippen LogP contribution is -2.44. The fourth-order valence-electron chi connectivity index (χ4n) is 1.27. The minimum Gasteiger partial charge on any atom is -0.358 e. The van der Waals surface area contributed by atoms with Crippen LogP contribution in [0.5, 0.6) is 0 Å². The number of hydrogen-bond donors (Lipinski definition) is 3. The number of alkyl halides is 1. The van der Waals surface area contributed by atoms with Gasteiger partial charge in [0.25, 0.3) is 0 Å². The van der Waals surface area contributed by atoms with Gasteiger partial charge in [0.2, 0.25) is 11.8 Å². The fourth-order valence-corrected chi connectivity index (χ4v) is 1.27. The highest BCUT2D eigenvalue weighted by atomic mass is 19.1. The molecule has 1 rings (SSSR count). The Hall–Kier alpha value is -1.17. The Morgan fingerprint density at radius 1 is 1.57 bits per heavy atom. The van der Waals surface area contributed by atoms with E-state index in [1.165, 1.54) is 7.05 Å². The van der Waals surface area contributed by atoms with Crippen molar-refractivity contribution in [2.24, 2.45) is 0 Å². The van der Waals surface area contributed by atoms with E-state index in [2.05, 4.69) is 16.0 Å². The van der Waals surface area contributed by atoms with Crippen LogP contribution < -0.4 is 16.0 Å². The number of carbonyl (C=O) groups is 2. The predicted molar refractivity (Wildman–Crippen MR) is 48.4 cm³/mol. The highest BCUT2D eigenvalue weighted by molar-refractivity contribution is 5.87. The molecule has 2 atom stereocenters. The van der Waals surface area contributed by atoms with Crippen LogP contribution in [0.2, 0.25) is 0 Å². The molecule has 0 radical (unpaired) electrons. The third-order valence-electron chi connectivity index (χ3n) is 2.10. The lowest BCUT2D eigenvalue weighted by Gasteiger charge is -2.09. The predicted octanol–water partition coefficient (Wildman–Crippen LogP) is -1.45. The van der Waals surface area contributed by atoms with E-state index in [1.807, 2.05) is 0 Å². The number of likely N-dealkylation sites (N-methyl/N-ethyl adjacent to an activating group) is 1. The van der Waals surface area contributed by atoms with Crippen molar-refractivity contribution in [2.75, 3.05) is 20.1 Å². The first-order valence-electron chi connectivity index (χ1n) is 4.49. The largest absolute Gasteiger partial charge is 0.358 e. The molecule has 0 aromatic heterocycles. The van der Waals surface area contributed by atoms with Gasteiger partial charge < -0.3 is 16.0 Å². The van der Waals surface area contributed by atoms with Crippen molar-refractivity contribution < 1.29 is 14.0 Å². The first kappa shape index (κ1) is 10.9. The van der Waals surface area contributed by atoms with E-state index in [1.54, 1.807) is 0 Å². The van der Waals surface area contributed by atoms with E-state index in [4.69, 9.17) is 0 Å². The van der Waals surface area contributed by atoms with Crippen LogP contribution in [-0.4, -0.2) is 44.2 Å². The lowest BCUT2D eigenvalue weighted by molar-refractivity contribution is -0.126. The molecule has 1 saturated heterocycles. The quantitative estimate of drug-likeness (QED) is 0.525. The Morgan fingerprint density at radius 3 is 2.79 bits per heavy atom. The zero-order valence-corrected chi connectivity index (χ0v) is 7.97. The summed E-state index contributed by atoms with van der Waals surface area (Å²) in [5.41, 5.74) is 0. The maximum Gasteiger partial charge on any atom is 0.239 e. The molecule has 3 N–H and O–H groups in total. The molecule has 0 saturated carbocycles. The Kier molecular flexibility index (Phi) is 3.82. The molecular weight excluding hydrogens is 189 g/mol. The molecule has 0 aromatic carbocycles. The van der Waals surface area contributed by atoms with Gasteiger partial charge in [-0.2, -0.15) is 0 Å². The SMILES string of the molecule is CNC(=O)CNC(=O)[C@@H]1C[C@@H](F)CN1. The standard InChI is InChI=1S/C8H14FN3O2/c1-10-7(13)4-12-8(14)6-2-5(9)3-11-6/h5-6,11H,2-4H2,1H3,(H,10,13)(H,12,14)/t5-,6+/m1/s1. The summed E-state index contributed by atoms with van der Waals surface area (Å²) < 4.78 is 12.7. The summed E-state index contributed by atoms with van der Waals surface area (Å²) >= 11 is 0. The van der Waals surface area contributed by atoms with Crippen LogP contribution in [0, 0.1) is 0 Å². The van der Waals surface area contributed by atoms with E-state index >= 15 is 0 Å². The first-order valence-corrected chi connectivity index (χ1v) is 4.49. The molecule has 1 fully saturated rings. The summed E-state index contributed by atoms with van der Waals surface area (Å²) in [4.78, 5) is 22.1. The number of halogens is 1. The van der Waals surface area contributed by atoms with Gasteiger partial charge in [-0.15, -0.1) is 0 Å². The second-order valence-electron chi connectivity index (χ2n) is 3.18. The van der Waals surface area contributed by atoms with Gasteiger partial charge in [0.15, 0.2) is 0 Å². The fraction of sp³-hybridized carbons (Fsp3) is 0.750. The maximum atomic E-state index is 12.7. The van der Waals surface area contributed by atoms with E-state index in [9.17, 15) is 14.0 Å². The van der Waals surface area contributed by atoms with E-state index < -0.39 is 12.2 Å². The topological polar surface area (TPSA) is 70.2 Å². The molecule has 1 heterocycles. The minimum atomic E-state index is -0.967. The first-order chi connectivity index (χ1) is 6.63. The van der Waals surface area contributed by atoms with Crippen LogP contribution >= 0.6 is 0 Å². The van der Waals surface area contributed by atoms with E-state index in [-0.39, 0.29) is 31.3 Å². The van der Waals surface area contributed by atoms with Crippen molar-refractivity contribution in [1.29, 1.82) is 0 Å². The van der Waals surface area contributed by atoms with Gasteiger partial charge >= 0.3 is 0 Å². The molecule has 1 aliphatic heterocycles. The number of carbonyl (C=O) groups excluding carboxylic acids is 2. The molecule has 14 heavy (non-hydrogen) atoms. The molecular formula is C8H14FN3O2. The maximum absolute atomic E-state index is 12.7. The van der Waals surface area contributed by atoms with Gasteiger partial charge in [0, 0.05) is 20.0 Å². The van der Waals surface area contributed by atoms with Crippen LogP contribution in [0.4, 0.5) is 4.39 Å². The zero-order valence-electron chi connectivity index (χ0n) is 7.97. The highest BCUT2D eigenvalue weighted by Crippen LogP contribution is 2.09. The van der Waals surface area contributed by atoms with Crippen molar-refractivity contribution in [3.63, 3.8) is 0 Å². The monoisotopic (exact) mass is 203 g/mol. The summed E-state index contributed by atoms with van der Waals surface area (Å²) in [7, 11) is 1.49. The van der Waals surface area contributed by atoms with Crippen LogP contribution in [0.3, 0.4) is 0 Å². The summed E-state index contributed by atoms with van der Waals surface area (Å²) in [5.74, 6) is -0.595. The smallest absolute Gasteiger partial charge is 0.239 e. The molecule has 6 heteroatoms. The molecule has 0 aromatic rings. The third kappa shape index (κ3) is 2.95. The Balaban J connectivity index is 2.25. The van der Waals surface area contributed by atoms with Crippen molar-refractivity contribution in [2.45, 2.75) is 18.6 Å². The number of amides is 2. The van der Waals surface area contributed by atoms with Gasteiger partial charge in [-0.25, -0.2) is 4.39 Å². The average Bonchev–Trinajstić information content (AvgIpc) is 2.60. The zero-order chi connectivity index (χ0) is 10.6. The molecule has 1 aliphatic rings. The molecule has 2 amide bonds. The van der Waals surface area contributed by atoms with Crippen LogP contribution in [0.25, 0.3) is 0 Å². The second kappa shape index (κ2) is 4.90. The van der Waals surface area contributed by atoms with Gasteiger partial charge in [0.1, 0.15) is 6.17 Å². The summed E-state index contributed by atoms with van der Waals surface area (Å²) in [6.07, 6.45) is -0.787. The van der Waals surface area contributed by atoms with Gasteiger partial charge in [-0.3, -0.25) is 9.59 Å².